The van der Waals surface area contributed by atoms with Crippen molar-refractivity contribution < 1.29 is 4.79 Å². The maximum absolute atomic E-state index is 12.8. The summed E-state index contributed by atoms with van der Waals surface area (Å²) in [6.07, 6.45) is 6.70. The predicted molar refractivity (Wildman–Crippen MR) is 122 cm³/mol. The third kappa shape index (κ3) is 5.49. The van der Waals surface area contributed by atoms with Crippen LogP contribution in [0, 0.1) is 5.92 Å². The first-order valence-corrected chi connectivity index (χ1v) is 10.9. The number of aryl methyl sites for hydroxylation is 1. The number of nitrogens with one attached hydrogen (secondary N) is 1. The highest BCUT2D eigenvalue weighted by atomic mass is 35.5. The molecule has 4 rings (SSSR count). The molecule has 156 valence electrons. The number of amides is 1. The molecule has 0 aliphatic carbocycles. The van der Waals surface area contributed by atoms with Crippen LogP contribution in [-0.2, 0) is 11.3 Å². The van der Waals surface area contributed by atoms with Gasteiger partial charge in [-0.15, -0.1) is 0 Å². The van der Waals surface area contributed by atoms with Crippen molar-refractivity contribution in [3.05, 3.63) is 72.0 Å². The first-order valence-electron chi connectivity index (χ1n) is 10.5. The van der Waals surface area contributed by atoms with Gasteiger partial charge in [0.1, 0.15) is 0 Å². The zero-order valence-corrected chi connectivity index (χ0v) is 17.8. The molecule has 1 aromatic heterocycles. The van der Waals surface area contributed by atoms with Gasteiger partial charge in [-0.25, -0.2) is 0 Å². The Morgan fingerprint density at radius 2 is 1.80 bits per heavy atom. The molecule has 1 N–H and O–H groups in total. The minimum atomic E-state index is 0.0715. The van der Waals surface area contributed by atoms with E-state index < -0.39 is 0 Å². The Kier molecular flexibility index (Phi) is 6.82. The number of hydrogen-bond acceptors (Lipinski definition) is 3. The molecule has 0 spiro atoms. The molecule has 1 fully saturated rings. The molecule has 1 saturated heterocycles. The summed E-state index contributed by atoms with van der Waals surface area (Å²) in [5, 5.41) is 8.06. The maximum atomic E-state index is 12.8. The van der Waals surface area contributed by atoms with Crippen LogP contribution in [0.2, 0.25) is 5.02 Å². The van der Waals surface area contributed by atoms with Crippen LogP contribution in [0.4, 0.5) is 5.69 Å². The molecular weight excluding hydrogens is 396 g/mol. The molecule has 1 aliphatic heterocycles. The first kappa shape index (κ1) is 20.6. The van der Waals surface area contributed by atoms with E-state index in [4.69, 9.17) is 11.6 Å². The van der Waals surface area contributed by atoms with Crippen LogP contribution in [0.25, 0.3) is 11.1 Å². The van der Waals surface area contributed by atoms with E-state index >= 15 is 0 Å². The molecule has 0 bridgehead atoms. The molecule has 0 radical (unpaired) electrons. The first-order chi connectivity index (χ1) is 14.7. The molecule has 2 aromatic carbocycles. The van der Waals surface area contributed by atoms with Gasteiger partial charge in [-0.1, -0.05) is 35.9 Å². The van der Waals surface area contributed by atoms with Crippen molar-refractivity contribution in [1.29, 1.82) is 0 Å². The second-order valence-corrected chi connectivity index (χ2v) is 8.26. The molecule has 0 saturated carbocycles. The fourth-order valence-corrected chi connectivity index (χ4v) is 4.19. The van der Waals surface area contributed by atoms with Crippen LogP contribution in [0.15, 0.2) is 67.0 Å². The van der Waals surface area contributed by atoms with E-state index in [1.807, 2.05) is 71.7 Å². The summed E-state index contributed by atoms with van der Waals surface area (Å²) in [5.41, 5.74) is 2.92. The summed E-state index contributed by atoms with van der Waals surface area (Å²) < 4.78 is 1.97. The van der Waals surface area contributed by atoms with E-state index in [-0.39, 0.29) is 11.8 Å². The van der Waals surface area contributed by atoms with Crippen molar-refractivity contribution in [3.63, 3.8) is 0 Å². The minimum absolute atomic E-state index is 0.0715. The van der Waals surface area contributed by atoms with Crippen LogP contribution in [-0.4, -0.2) is 40.2 Å². The van der Waals surface area contributed by atoms with Gasteiger partial charge in [0.25, 0.3) is 0 Å². The molecule has 5 nitrogen and oxygen atoms in total. The number of nitrogens with zero attached hydrogens (tertiary/aromatic N) is 3. The Balaban J connectivity index is 1.26. The maximum Gasteiger partial charge on any atom is 0.227 e. The smallest absolute Gasteiger partial charge is 0.227 e. The highest BCUT2D eigenvalue weighted by molar-refractivity contribution is 6.30. The largest absolute Gasteiger partial charge is 0.326 e. The average molecular weight is 423 g/mol. The van der Waals surface area contributed by atoms with Gasteiger partial charge in [0, 0.05) is 35.6 Å². The topological polar surface area (TPSA) is 50.2 Å². The molecule has 3 aromatic rings. The van der Waals surface area contributed by atoms with Crippen molar-refractivity contribution in [3.8, 4) is 11.1 Å². The molecule has 0 atom stereocenters. The van der Waals surface area contributed by atoms with Crippen molar-refractivity contribution in [2.75, 3.05) is 25.0 Å². The number of hydrogen-bond donors (Lipinski definition) is 1. The molecule has 1 amide bonds. The number of anilines is 1. The highest BCUT2D eigenvalue weighted by Crippen LogP contribution is 2.26. The van der Waals surface area contributed by atoms with Gasteiger partial charge in [0.05, 0.1) is 0 Å². The molecule has 0 unspecified atom stereocenters. The third-order valence-corrected chi connectivity index (χ3v) is 5.90. The third-order valence-electron chi connectivity index (χ3n) is 5.67. The van der Waals surface area contributed by atoms with Gasteiger partial charge >= 0.3 is 0 Å². The molecule has 6 heteroatoms. The Hall–Kier alpha value is -2.63. The number of aromatic nitrogens is 2. The Morgan fingerprint density at radius 1 is 1.03 bits per heavy atom. The van der Waals surface area contributed by atoms with Gasteiger partial charge in [-0.05, 0) is 80.4 Å². The van der Waals surface area contributed by atoms with E-state index in [2.05, 4.69) is 15.3 Å². The monoisotopic (exact) mass is 422 g/mol. The van der Waals surface area contributed by atoms with Crippen LogP contribution in [0.5, 0.6) is 0 Å². The number of benzene rings is 2. The average Bonchev–Trinajstić information content (AvgIpc) is 3.28. The van der Waals surface area contributed by atoms with Crippen molar-refractivity contribution >= 4 is 23.2 Å². The van der Waals surface area contributed by atoms with Gasteiger partial charge < -0.3 is 10.2 Å². The predicted octanol–water partition coefficient (Wildman–Crippen LogP) is 4.94. The van der Waals surface area contributed by atoms with E-state index in [0.717, 1.165) is 62.3 Å². The number of piperidine rings is 1. The molecule has 30 heavy (non-hydrogen) atoms. The van der Waals surface area contributed by atoms with Gasteiger partial charge in [-0.2, -0.15) is 5.10 Å². The van der Waals surface area contributed by atoms with Crippen molar-refractivity contribution in [2.45, 2.75) is 25.8 Å². The summed E-state index contributed by atoms with van der Waals surface area (Å²) in [4.78, 5) is 15.2. The van der Waals surface area contributed by atoms with Crippen molar-refractivity contribution in [2.24, 2.45) is 5.92 Å². The second kappa shape index (κ2) is 9.92. The fourth-order valence-electron chi connectivity index (χ4n) is 4.00. The lowest BCUT2D eigenvalue weighted by molar-refractivity contribution is -0.121. The SMILES string of the molecule is O=C(Nc1cccc(-c2cccc(Cl)c2)c1)C1CCN(CCCn2cccn2)CC1. The summed E-state index contributed by atoms with van der Waals surface area (Å²) >= 11 is 6.11. The summed E-state index contributed by atoms with van der Waals surface area (Å²) in [6.45, 7) is 3.94. The summed E-state index contributed by atoms with van der Waals surface area (Å²) in [5.74, 6) is 0.191. The van der Waals surface area contributed by atoms with Crippen LogP contribution in [0.3, 0.4) is 0 Å². The number of carbonyl (C=O) groups is 1. The minimum Gasteiger partial charge on any atom is -0.326 e. The Bertz CT molecular complexity index is 965. The lowest BCUT2D eigenvalue weighted by atomic mass is 9.95. The number of rotatable bonds is 7. The number of halogens is 1. The standard InChI is InChI=1S/C24H27ClN4O/c25-22-7-1-5-20(17-22)21-6-2-8-23(18-21)27-24(30)19-9-15-28(16-10-19)12-4-14-29-13-3-11-26-29/h1-3,5-8,11,13,17-19H,4,9-10,12,14-16H2,(H,27,30). The summed E-state index contributed by atoms with van der Waals surface area (Å²) in [6, 6.07) is 17.7. The van der Waals surface area contributed by atoms with E-state index in [0.29, 0.717) is 5.02 Å². The van der Waals surface area contributed by atoms with Gasteiger partial charge in [0.15, 0.2) is 0 Å². The fraction of sp³-hybridized carbons (Fsp3) is 0.333. The Morgan fingerprint density at radius 3 is 2.53 bits per heavy atom. The van der Waals surface area contributed by atoms with E-state index in [9.17, 15) is 4.79 Å². The normalized spacial score (nSPS) is 15.2. The zero-order valence-electron chi connectivity index (χ0n) is 17.0. The second-order valence-electron chi connectivity index (χ2n) is 7.82. The highest BCUT2D eigenvalue weighted by Gasteiger charge is 2.24. The summed E-state index contributed by atoms with van der Waals surface area (Å²) in [7, 11) is 0. The molecule has 2 heterocycles. The lowest BCUT2D eigenvalue weighted by Crippen LogP contribution is -2.38. The Labute approximate surface area is 182 Å². The quantitative estimate of drug-likeness (QED) is 0.586. The zero-order chi connectivity index (χ0) is 20.8. The molecular formula is C24H27ClN4O. The van der Waals surface area contributed by atoms with Crippen LogP contribution < -0.4 is 5.32 Å². The number of carbonyl (C=O) groups excluding carboxylic acids is 1. The van der Waals surface area contributed by atoms with Crippen LogP contribution >= 0.6 is 11.6 Å². The molecule has 1 aliphatic rings. The van der Waals surface area contributed by atoms with Gasteiger partial charge in [-0.3, -0.25) is 9.48 Å². The van der Waals surface area contributed by atoms with E-state index in [1.165, 1.54) is 0 Å². The van der Waals surface area contributed by atoms with Crippen LogP contribution in [0.1, 0.15) is 19.3 Å². The van der Waals surface area contributed by atoms with Gasteiger partial charge in [0.2, 0.25) is 5.91 Å². The lowest BCUT2D eigenvalue weighted by Gasteiger charge is -2.31. The van der Waals surface area contributed by atoms with E-state index in [1.54, 1.807) is 0 Å². The number of likely N-dealkylation sites (tertiary alicyclic amines) is 1. The van der Waals surface area contributed by atoms with Crippen molar-refractivity contribution in [1.82, 2.24) is 14.7 Å².